The van der Waals surface area contributed by atoms with Crippen molar-refractivity contribution in [3.63, 3.8) is 0 Å². The van der Waals surface area contributed by atoms with Gasteiger partial charge in [-0.1, -0.05) is 5.16 Å². The Morgan fingerprint density at radius 2 is 2.35 bits per heavy atom. The summed E-state index contributed by atoms with van der Waals surface area (Å²) in [7, 11) is 0. The van der Waals surface area contributed by atoms with Gasteiger partial charge in [0.1, 0.15) is 23.8 Å². The maximum absolute atomic E-state index is 11.8. The highest BCUT2D eigenvalue weighted by Crippen LogP contribution is 2.30. The summed E-state index contributed by atoms with van der Waals surface area (Å²) in [5.41, 5.74) is 1.24. The summed E-state index contributed by atoms with van der Waals surface area (Å²) in [5, 5.41) is 14.9. The van der Waals surface area contributed by atoms with Crippen LogP contribution in [0, 0.1) is 0 Å². The molecule has 106 valence electrons. The first-order valence-corrected chi connectivity index (χ1v) is 6.62. The summed E-state index contributed by atoms with van der Waals surface area (Å²) < 4.78 is 11.0. The van der Waals surface area contributed by atoms with Crippen LogP contribution in [0.5, 0.6) is 11.5 Å². The predicted octanol–water partition coefficient (Wildman–Crippen LogP) is 1.30. The van der Waals surface area contributed by atoms with Crippen LogP contribution in [0.15, 0.2) is 23.4 Å². The van der Waals surface area contributed by atoms with Gasteiger partial charge in [-0.2, -0.15) is 0 Å². The molecule has 6 nitrogen and oxygen atoms in total. The predicted molar refractivity (Wildman–Crippen MR) is 71.5 cm³/mol. The van der Waals surface area contributed by atoms with E-state index in [2.05, 4.69) is 10.5 Å². The molecule has 1 unspecified atom stereocenters. The van der Waals surface area contributed by atoms with Crippen LogP contribution >= 0.6 is 0 Å². The Morgan fingerprint density at radius 3 is 3.05 bits per heavy atom. The number of oxime groups is 1. The normalized spacial score (nSPS) is 20.1. The fraction of sp³-hybridized carbons (Fsp3) is 0.429. The fourth-order valence-corrected chi connectivity index (χ4v) is 2.04. The number of nitrogens with one attached hydrogen (secondary N) is 1. The van der Waals surface area contributed by atoms with E-state index in [9.17, 15) is 4.79 Å². The lowest BCUT2D eigenvalue weighted by atomic mass is 10.1. The molecule has 0 saturated heterocycles. The molecular weight excluding hydrogens is 260 g/mol. The van der Waals surface area contributed by atoms with E-state index < -0.39 is 6.10 Å². The number of fused-ring (bicyclic) bond motifs is 1. The van der Waals surface area contributed by atoms with Gasteiger partial charge in [-0.15, -0.1) is 0 Å². The Kier molecular flexibility index (Phi) is 3.22. The van der Waals surface area contributed by atoms with Crippen LogP contribution in [0.4, 0.5) is 0 Å². The summed E-state index contributed by atoms with van der Waals surface area (Å²) in [4.78, 5) is 11.8. The fourth-order valence-electron chi connectivity index (χ4n) is 2.04. The Morgan fingerprint density at radius 1 is 1.55 bits per heavy atom. The molecule has 1 heterocycles. The summed E-state index contributed by atoms with van der Waals surface area (Å²) in [6.07, 6.45) is 1.55. The molecule has 2 N–H and O–H groups in total. The summed E-state index contributed by atoms with van der Waals surface area (Å²) in [6, 6.07) is 5.52. The van der Waals surface area contributed by atoms with Crippen molar-refractivity contribution in [2.24, 2.45) is 5.16 Å². The highest BCUT2D eigenvalue weighted by atomic mass is 16.5. The van der Waals surface area contributed by atoms with Gasteiger partial charge in [0, 0.05) is 17.7 Å². The average molecular weight is 276 g/mol. The number of nitrogens with zero attached hydrogens (tertiary/aromatic N) is 1. The van der Waals surface area contributed by atoms with Gasteiger partial charge in [-0.25, -0.2) is 0 Å². The SMILES string of the molecule is CC(Oc1ccc2c(c1)OCC2=NO)C(=O)NC1CC1. The first-order valence-electron chi connectivity index (χ1n) is 6.62. The molecule has 0 radical (unpaired) electrons. The van der Waals surface area contributed by atoms with Crippen LogP contribution < -0.4 is 14.8 Å². The zero-order chi connectivity index (χ0) is 14.1. The van der Waals surface area contributed by atoms with Crippen LogP contribution in [0.3, 0.4) is 0 Å². The maximum atomic E-state index is 11.8. The summed E-state index contributed by atoms with van der Waals surface area (Å²) in [5.74, 6) is 1.05. The number of amides is 1. The van der Waals surface area contributed by atoms with Crippen molar-refractivity contribution < 1.29 is 19.5 Å². The highest BCUT2D eigenvalue weighted by molar-refractivity contribution is 6.06. The summed E-state index contributed by atoms with van der Waals surface area (Å²) in [6.45, 7) is 1.96. The third-order valence-electron chi connectivity index (χ3n) is 3.35. The largest absolute Gasteiger partial charge is 0.486 e. The quantitative estimate of drug-likeness (QED) is 0.641. The molecule has 1 aliphatic carbocycles. The van der Waals surface area contributed by atoms with Gasteiger partial charge in [0.15, 0.2) is 6.10 Å². The van der Waals surface area contributed by atoms with Crippen molar-refractivity contribution in [2.75, 3.05) is 6.61 Å². The van der Waals surface area contributed by atoms with Crippen molar-refractivity contribution in [2.45, 2.75) is 31.9 Å². The van der Waals surface area contributed by atoms with Crippen molar-refractivity contribution >= 4 is 11.6 Å². The number of rotatable bonds is 4. The molecular formula is C14H16N2O4. The number of carbonyl (C=O) groups excluding carboxylic acids is 1. The van der Waals surface area contributed by atoms with Crippen LogP contribution in [0.1, 0.15) is 25.3 Å². The molecule has 6 heteroatoms. The monoisotopic (exact) mass is 276 g/mol. The number of benzene rings is 1. The molecule has 1 saturated carbocycles. The van der Waals surface area contributed by atoms with Crippen molar-refractivity contribution in [1.29, 1.82) is 0 Å². The number of carbonyl (C=O) groups is 1. The number of hydrogen-bond acceptors (Lipinski definition) is 5. The van der Waals surface area contributed by atoms with Crippen LogP contribution in [-0.4, -0.2) is 35.6 Å². The minimum atomic E-state index is -0.555. The lowest BCUT2D eigenvalue weighted by molar-refractivity contribution is -0.127. The molecule has 1 atom stereocenters. The molecule has 1 amide bonds. The second-order valence-corrected chi connectivity index (χ2v) is 5.04. The molecule has 2 aliphatic rings. The van der Waals surface area contributed by atoms with Crippen molar-refractivity contribution in [3.05, 3.63) is 23.8 Å². The Bertz CT molecular complexity index is 566. The van der Waals surface area contributed by atoms with Gasteiger partial charge in [0.2, 0.25) is 0 Å². The zero-order valence-electron chi connectivity index (χ0n) is 11.1. The van der Waals surface area contributed by atoms with Gasteiger partial charge in [0.25, 0.3) is 5.91 Å². The smallest absolute Gasteiger partial charge is 0.260 e. The first kappa shape index (κ1) is 12.8. The molecule has 1 fully saturated rings. The van der Waals surface area contributed by atoms with E-state index in [1.807, 2.05) is 0 Å². The Labute approximate surface area is 116 Å². The van der Waals surface area contributed by atoms with Crippen LogP contribution in [0.2, 0.25) is 0 Å². The van der Waals surface area contributed by atoms with Crippen LogP contribution in [0.25, 0.3) is 0 Å². The Balaban J connectivity index is 1.67. The molecule has 1 aromatic carbocycles. The lowest BCUT2D eigenvalue weighted by Gasteiger charge is -2.14. The van der Waals surface area contributed by atoms with E-state index in [4.69, 9.17) is 14.7 Å². The van der Waals surface area contributed by atoms with Crippen molar-refractivity contribution in [1.82, 2.24) is 5.32 Å². The zero-order valence-corrected chi connectivity index (χ0v) is 11.1. The third-order valence-corrected chi connectivity index (χ3v) is 3.35. The van der Waals surface area contributed by atoms with Crippen LogP contribution in [-0.2, 0) is 4.79 Å². The summed E-state index contributed by atoms with van der Waals surface area (Å²) >= 11 is 0. The van der Waals surface area contributed by atoms with Gasteiger partial charge < -0.3 is 20.0 Å². The molecule has 1 aliphatic heterocycles. The third kappa shape index (κ3) is 2.54. The Hall–Kier alpha value is -2.24. The number of hydrogen-bond donors (Lipinski definition) is 2. The molecule has 0 spiro atoms. The van der Waals surface area contributed by atoms with E-state index in [0.717, 1.165) is 18.4 Å². The lowest BCUT2D eigenvalue weighted by Crippen LogP contribution is -2.37. The van der Waals surface area contributed by atoms with E-state index in [1.165, 1.54) is 0 Å². The first-order chi connectivity index (χ1) is 9.67. The molecule has 3 rings (SSSR count). The second-order valence-electron chi connectivity index (χ2n) is 5.04. The molecule has 20 heavy (non-hydrogen) atoms. The standard InChI is InChI=1S/C14H16N2O4/c1-8(14(17)15-9-2-3-9)20-10-4-5-11-12(16-18)7-19-13(11)6-10/h4-6,8-9,18H,2-3,7H2,1H3,(H,15,17). The van der Waals surface area contributed by atoms with Crippen molar-refractivity contribution in [3.8, 4) is 11.5 Å². The maximum Gasteiger partial charge on any atom is 0.260 e. The van der Waals surface area contributed by atoms with Gasteiger partial charge in [-0.05, 0) is 31.9 Å². The molecule has 0 bridgehead atoms. The minimum Gasteiger partial charge on any atom is -0.486 e. The van der Waals surface area contributed by atoms with E-state index in [-0.39, 0.29) is 12.5 Å². The second kappa shape index (κ2) is 5.03. The van der Waals surface area contributed by atoms with Gasteiger partial charge in [-0.3, -0.25) is 4.79 Å². The van der Waals surface area contributed by atoms with E-state index >= 15 is 0 Å². The van der Waals surface area contributed by atoms with E-state index in [0.29, 0.717) is 23.3 Å². The van der Waals surface area contributed by atoms with Gasteiger partial charge >= 0.3 is 0 Å². The minimum absolute atomic E-state index is 0.105. The topological polar surface area (TPSA) is 80.2 Å². The molecule has 0 aromatic heterocycles. The average Bonchev–Trinajstić information content (AvgIpc) is 3.16. The molecule has 1 aromatic rings. The number of ether oxygens (including phenoxy) is 2. The van der Waals surface area contributed by atoms with Gasteiger partial charge in [0.05, 0.1) is 0 Å². The van der Waals surface area contributed by atoms with E-state index in [1.54, 1.807) is 25.1 Å². The highest BCUT2D eigenvalue weighted by Gasteiger charge is 2.27.